The highest BCUT2D eigenvalue weighted by molar-refractivity contribution is 5.89. The second-order valence-electron chi connectivity index (χ2n) is 3.09. The molecule has 0 atom stereocenters. The lowest BCUT2D eigenvalue weighted by atomic mass is 9.90. The first kappa shape index (κ1) is 13.4. The first-order chi connectivity index (χ1) is 7.02. The number of ether oxygens (including phenoxy) is 1. The van der Waals surface area contributed by atoms with Gasteiger partial charge in [-0.3, -0.25) is 0 Å². The predicted molar refractivity (Wildman–Crippen MR) is 56.4 cm³/mol. The lowest BCUT2D eigenvalue weighted by molar-refractivity contribution is -0.135. The van der Waals surface area contributed by atoms with Gasteiger partial charge in [0.05, 0.1) is 7.11 Å². The van der Waals surface area contributed by atoms with Gasteiger partial charge in [-0.05, 0) is 26.7 Å². The molecule has 0 bridgehead atoms. The quantitative estimate of drug-likeness (QED) is 0.561. The highest BCUT2D eigenvalue weighted by Gasteiger charge is 2.18. The second kappa shape index (κ2) is 6.81. The van der Waals surface area contributed by atoms with Gasteiger partial charge in [-0.15, -0.1) is 0 Å². The van der Waals surface area contributed by atoms with Gasteiger partial charge in [0.15, 0.2) is 0 Å². The Balaban J connectivity index is 0.000000265. The summed E-state index contributed by atoms with van der Waals surface area (Å²) in [5.41, 5.74) is 1.66. The van der Waals surface area contributed by atoms with Crippen molar-refractivity contribution in [3.8, 4) is 0 Å². The van der Waals surface area contributed by atoms with Gasteiger partial charge in [0, 0.05) is 11.6 Å². The van der Waals surface area contributed by atoms with E-state index in [0.717, 1.165) is 18.4 Å². The van der Waals surface area contributed by atoms with E-state index >= 15 is 0 Å². The third kappa shape index (κ3) is 5.00. The molecule has 0 aromatic rings. The zero-order chi connectivity index (χ0) is 11.8. The number of carbonyl (C=O) groups is 2. The van der Waals surface area contributed by atoms with Crippen molar-refractivity contribution in [2.24, 2.45) is 0 Å². The summed E-state index contributed by atoms with van der Waals surface area (Å²) in [4.78, 5) is 20.2. The monoisotopic (exact) mass is 212 g/mol. The molecular formula is C11H16O4. The van der Waals surface area contributed by atoms with Crippen LogP contribution < -0.4 is 0 Å². The number of methoxy groups -OCH3 is 1. The Morgan fingerprint density at radius 3 is 2.07 bits per heavy atom. The largest absolute Gasteiger partial charge is 0.478 e. The number of carboxylic acids is 1. The van der Waals surface area contributed by atoms with Gasteiger partial charge in [-0.25, -0.2) is 9.59 Å². The molecule has 0 fully saturated rings. The Morgan fingerprint density at radius 1 is 1.40 bits per heavy atom. The summed E-state index contributed by atoms with van der Waals surface area (Å²) in [7, 11) is 1.35. The van der Waals surface area contributed by atoms with E-state index in [9.17, 15) is 9.59 Å². The van der Waals surface area contributed by atoms with Crippen molar-refractivity contribution in [1.82, 2.24) is 0 Å². The average Bonchev–Trinajstić information content (AvgIpc) is 2.16. The van der Waals surface area contributed by atoms with E-state index in [1.54, 1.807) is 13.0 Å². The van der Waals surface area contributed by atoms with Crippen LogP contribution in [0.2, 0.25) is 0 Å². The van der Waals surface area contributed by atoms with Crippen LogP contribution in [0.4, 0.5) is 0 Å². The molecule has 15 heavy (non-hydrogen) atoms. The van der Waals surface area contributed by atoms with Crippen LogP contribution in [0.1, 0.15) is 26.7 Å². The molecule has 0 radical (unpaired) electrons. The van der Waals surface area contributed by atoms with Crippen molar-refractivity contribution in [3.05, 3.63) is 23.3 Å². The van der Waals surface area contributed by atoms with Gasteiger partial charge in [-0.1, -0.05) is 11.6 Å². The highest BCUT2D eigenvalue weighted by atomic mass is 16.5. The number of hydrogen-bond donors (Lipinski definition) is 1. The van der Waals surface area contributed by atoms with Crippen LogP contribution >= 0.6 is 0 Å². The zero-order valence-corrected chi connectivity index (χ0v) is 9.24. The Bertz CT molecular complexity index is 300. The minimum absolute atomic E-state index is 0.303. The molecule has 0 amide bonds. The maximum absolute atomic E-state index is 10.1. The number of carbonyl (C=O) groups excluding carboxylic acids is 1. The second-order valence-corrected chi connectivity index (χ2v) is 3.09. The zero-order valence-electron chi connectivity index (χ0n) is 9.24. The van der Waals surface area contributed by atoms with Gasteiger partial charge in [0.1, 0.15) is 0 Å². The molecule has 0 saturated heterocycles. The summed E-state index contributed by atoms with van der Waals surface area (Å²) in [6, 6.07) is 0. The third-order valence-electron chi connectivity index (χ3n) is 2.03. The van der Waals surface area contributed by atoms with E-state index in [-0.39, 0.29) is 5.97 Å². The molecule has 84 valence electrons. The van der Waals surface area contributed by atoms with Crippen molar-refractivity contribution in [1.29, 1.82) is 0 Å². The van der Waals surface area contributed by atoms with E-state index in [1.165, 1.54) is 13.2 Å². The standard InChI is InChI=1S/C6H8O2.C5H8O2/c1-4-2-3-5(4)6(7)8;1-3-4-5(6)7-2/h2-3H2,1H3,(H,7,8);3-4H,1-2H3/b;4-3+. The van der Waals surface area contributed by atoms with Crippen molar-refractivity contribution in [3.63, 3.8) is 0 Å². The summed E-state index contributed by atoms with van der Waals surface area (Å²) in [6.07, 6.45) is 4.73. The molecular weight excluding hydrogens is 196 g/mol. The highest BCUT2D eigenvalue weighted by Crippen LogP contribution is 2.26. The fraction of sp³-hybridized carbons (Fsp3) is 0.455. The topological polar surface area (TPSA) is 63.6 Å². The first-order valence-corrected chi connectivity index (χ1v) is 4.65. The van der Waals surface area contributed by atoms with Gasteiger partial charge < -0.3 is 9.84 Å². The van der Waals surface area contributed by atoms with Crippen LogP contribution in [0.5, 0.6) is 0 Å². The van der Waals surface area contributed by atoms with Crippen molar-refractivity contribution < 1.29 is 19.4 Å². The van der Waals surface area contributed by atoms with Crippen LogP contribution in [-0.2, 0) is 14.3 Å². The Labute approximate surface area is 89.2 Å². The molecule has 1 aliphatic rings. The van der Waals surface area contributed by atoms with Crippen LogP contribution in [0.15, 0.2) is 23.3 Å². The van der Waals surface area contributed by atoms with Crippen LogP contribution in [-0.4, -0.2) is 24.2 Å². The summed E-state index contributed by atoms with van der Waals surface area (Å²) in [5.74, 6) is -1.05. The molecule has 0 saturated carbocycles. The molecule has 0 heterocycles. The number of allylic oxidation sites excluding steroid dienone is 2. The van der Waals surface area contributed by atoms with E-state index in [0.29, 0.717) is 5.57 Å². The number of hydrogen-bond acceptors (Lipinski definition) is 3. The molecule has 0 aromatic heterocycles. The molecule has 1 N–H and O–H groups in total. The van der Waals surface area contributed by atoms with E-state index in [1.807, 2.05) is 6.92 Å². The van der Waals surface area contributed by atoms with Crippen LogP contribution in [0.3, 0.4) is 0 Å². The molecule has 1 aliphatic carbocycles. The molecule has 1 rings (SSSR count). The minimum Gasteiger partial charge on any atom is -0.478 e. The number of esters is 1. The van der Waals surface area contributed by atoms with E-state index < -0.39 is 5.97 Å². The Morgan fingerprint density at radius 2 is 2.00 bits per heavy atom. The first-order valence-electron chi connectivity index (χ1n) is 4.65. The number of rotatable bonds is 2. The lowest BCUT2D eigenvalue weighted by Gasteiger charge is -2.15. The fourth-order valence-corrected chi connectivity index (χ4v) is 0.994. The summed E-state index contributed by atoms with van der Waals surface area (Å²) in [5, 5.41) is 8.35. The number of aliphatic carboxylic acids is 1. The van der Waals surface area contributed by atoms with Gasteiger partial charge >= 0.3 is 11.9 Å². The SMILES string of the molecule is C/C=C/C(=O)OC.CC1=C(C(=O)O)CC1. The summed E-state index contributed by atoms with van der Waals surface area (Å²) >= 11 is 0. The van der Waals surface area contributed by atoms with Crippen molar-refractivity contribution in [2.75, 3.05) is 7.11 Å². The number of carboxylic acid groups (broad SMARTS) is 1. The normalized spacial score (nSPS) is 14.1. The predicted octanol–water partition coefficient (Wildman–Crippen LogP) is 1.92. The third-order valence-corrected chi connectivity index (χ3v) is 2.03. The lowest BCUT2D eigenvalue weighted by Crippen LogP contribution is -2.10. The van der Waals surface area contributed by atoms with Crippen LogP contribution in [0, 0.1) is 0 Å². The molecule has 4 heteroatoms. The van der Waals surface area contributed by atoms with Crippen LogP contribution in [0.25, 0.3) is 0 Å². The summed E-state index contributed by atoms with van der Waals surface area (Å²) in [6.45, 7) is 3.63. The maximum Gasteiger partial charge on any atom is 0.331 e. The molecule has 0 unspecified atom stereocenters. The van der Waals surface area contributed by atoms with Gasteiger partial charge in [0.2, 0.25) is 0 Å². The smallest absolute Gasteiger partial charge is 0.331 e. The van der Waals surface area contributed by atoms with Crippen molar-refractivity contribution in [2.45, 2.75) is 26.7 Å². The average molecular weight is 212 g/mol. The summed E-state index contributed by atoms with van der Waals surface area (Å²) < 4.78 is 4.26. The molecule has 0 aromatic carbocycles. The molecule has 0 aliphatic heterocycles. The van der Waals surface area contributed by atoms with E-state index in [2.05, 4.69) is 4.74 Å². The minimum atomic E-state index is -0.742. The Kier molecular flexibility index (Phi) is 6.09. The fourth-order valence-electron chi connectivity index (χ4n) is 0.994. The van der Waals surface area contributed by atoms with Gasteiger partial charge in [-0.2, -0.15) is 0 Å². The van der Waals surface area contributed by atoms with E-state index in [4.69, 9.17) is 5.11 Å². The molecule has 4 nitrogen and oxygen atoms in total. The van der Waals surface area contributed by atoms with Crippen molar-refractivity contribution >= 4 is 11.9 Å². The molecule has 0 spiro atoms. The Hall–Kier alpha value is -1.58. The maximum atomic E-state index is 10.1. The van der Waals surface area contributed by atoms with Gasteiger partial charge in [0.25, 0.3) is 0 Å².